The topological polar surface area (TPSA) is 73.8 Å². The summed E-state index contributed by atoms with van der Waals surface area (Å²) < 4.78 is 0. The third-order valence-electron chi connectivity index (χ3n) is 4.15. The third-order valence-corrected chi connectivity index (χ3v) is 4.15. The first kappa shape index (κ1) is 11.6. The predicted molar refractivity (Wildman–Crippen MR) is 65.9 cm³/mol. The largest absolute Gasteiger partial charge is 0.340 e. The Balaban J connectivity index is 1.83. The maximum atomic E-state index is 12.2. The van der Waals surface area contributed by atoms with Crippen molar-refractivity contribution in [3.63, 3.8) is 0 Å². The van der Waals surface area contributed by atoms with E-state index in [9.17, 15) is 9.59 Å². The van der Waals surface area contributed by atoms with Gasteiger partial charge in [-0.15, -0.1) is 0 Å². The molecule has 2 N–H and O–H groups in total. The second kappa shape index (κ2) is 4.35. The van der Waals surface area contributed by atoms with Crippen LogP contribution in [0.1, 0.15) is 25.7 Å². The first-order valence-electron chi connectivity index (χ1n) is 6.63. The molecule has 3 aliphatic rings. The quantitative estimate of drug-likeness (QED) is 0.567. The van der Waals surface area contributed by atoms with E-state index < -0.39 is 5.41 Å². The Kier molecular flexibility index (Phi) is 2.81. The van der Waals surface area contributed by atoms with Gasteiger partial charge in [-0.2, -0.15) is 4.99 Å². The maximum Gasteiger partial charge on any atom is 0.264 e. The molecule has 1 saturated carbocycles. The highest BCUT2D eigenvalue weighted by Gasteiger charge is 2.51. The molecule has 18 heavy (non-hydrogen) atoms. The van der Waals surface area contributed by atoms with Crippen molar-refractivity contribution in [3.8, 4) is 0 Å². The van der Waals surface area contributed by atoms with Gasteiger partial charge in [0.1, 0.15) is 5.41 Å². The van der Waals surface area contributed by atoms with Gasteiger partial charge in [0, 0.05) is 26.2 Å². The Morgan fingerprint density at radius 3 is 2.39 bits per heavy atom. The number of piperazine rings is 1. The van der Waals surface area contributed by atoms with Crippen LogP contribution in [0.15, 0.2) is 4.99 Å². The van der Waals surface area contributed by atoms with Gasteiger partial charge >= 0.3 is 0 Å². The van der Waals surface area contributed by atoms with Crippen molar-refractivity contribution in [1.29, 1.82) is 0 Å². The molecule has 2 aliphatic heterocycles. The van der Waals surface area contributed by atoms with Gasteiger partial charge in [-0.05, 0) is 12.8 Å². The summed E-state index contributed by atoms with van der Waals surface area (Å²) in [5, 5.41) is 6.07. The van der Waals surface area contributed by atoms with Crippen LogP contribution < -0.4 is 10.6 Å². The van der Waals surface area contributed by atoms with Crippen LogP contribution in [0, 0.1) is 5.41 Å². The molecule has 2 fully saturated rings. The molecule has 98 valence electrons. The van der Waals surface area contributed by atoms with E-state index in [0.717, 1.165) is 39.0 Å². The maximum absolute atomic E-state index is 12.2. The normalized spacial score (nSPS) is 27.3. The summed E-state index contributed by atoms with van der Waals surface area (Å²) in [7, 11) is 0. The molecular weight excluding hydrogens is 232 g/mol. The van der Waals surface area contributed by atoms with Gasteiger partial charge in [0.2, 0.25) is 11.9 Å². The van der Waals surface area contributed by atoms with Crippen LogP contribution in [0.2, 0.25) is 0 Å². The Morgan fingerprint density at radius 1 is 1.11 bits per heavy atom. The van der Waals surface area contributed by atoms with E-state index in [1.165, 1.54) is 0 Å². The number of aliphatic imine (C=N–C) groups is 1. The molecule has 0 atom stereocenters. The van der Waals surface area contributed by atoms with E-state index in [4.69, 9.17) is 0 Å². The van der Waals surface area contributed by atoms with Crippen LogP contribution >= 0.6 is 0 Å². The van der Waals surface area contributed by atoms with Crippen LogP contribution in [-0.2, 0) is 9.59 Å². The second-order valence-electron chi connectivity index (χ2n) is 5.22. The molecule has 0 aromatic rings. The number of nitrogens with zero attached hydrogens (tertiary/aromatic N) is 2. The Hall–Kier alpha value is -1.43. The lowest BCUT2D eigenvalue weighted by atomic mass is 9.83. The molecule has 2 heterocycles. The first-order valence-corrected chi connectivity index (χ1v) is 6.63. The smallest absolute Gasteiger partial charge is 0.264 e. The van der Waals surface area contributed by atoms with Crippen molar-refractivity contribution in [2.24, 2.45) is 10.4 Å². The van der Waals surface area contributed by atoms with E-state index in [1.807, 2.05) is 4.90 Å². The van der Waals surface area contributed by atoms with Gasteiger partial charge in [0.25, 0.3) is 5.91 Å². The molecule has 1 saturated heterocycles. The fourth-order valence-corrected chi connectivity index (χ4v) is 3.00. The molecule has 6 nitrogen and oxygen atoms in total. The molecule has 6 heteroatoms. The molecule has 3 rings (SSSR count). The van der Waals surface area contributed by atoms with Crippen molar-refractivity contribution >= 4 is 17.8 Å². The number of hydrogen-bond acceptors (Lipinski definition) is 4. The fourth-order valence-electron chi connectivity index (χ4n) is 3.00. The lowest BCUT2D eigenvalue weighted by molar-refractivity contribution is -0.141. The summed E-state index contributed by atoms with van der Waals surface area (Å²) in [4.78, 5) is 30.5. The average molecular weight is 250 g/mol. The van der Waals surface area contributed by atoms with Gasteiger partial charge in [-0.3, -0.25) is 14.9 Å². The van der Waals surface area contributed by atoms with E-state index in [0.29, 0.717) is 18.8 Å². The van der Waals surface area contributed by atoms with Crippen molar-refractivity contribution < 1.29 is 9.59 Å². The van der Waals surface area contributed by atoms with Crippen LogP contribution in [0.5, 0.6) is 0 Å². The summed E-state index contributed by atoms with van der Waals surface area (Å²) in [5.74, 6) is 0.0647. The highest BCUT2D eigenvalue weighted by molar-refractivity contribution is 6.18. The van der Waals surface area contributed by atoms with E-state index >= 15 is 0 Å². The molecule has 1 spiro atoms. The number of nitrogens with one attached hydrogen (secondary N) is 2. The Labute approximate surface area is 106 Å². The zero-order valence-corrected chi connectivity index (χ0v) is 10.4. The highest BCUT2D eigenvalue weighted by Crippen LogP contribution is 2.40. The monoisotopic (exact) mass is 250 g/mol. The van der Waals surface area contributed by atoms with Crippen molar-refractivity contribution in [2.45, 2.75) is 25.7 Å². The standard InChI is InChI=1S/C12H18N4O2/c17-9-12(3-1-2-4-12)10(18)15-11(14-9)16-7-5-13-6-8-16/h13H,1-8H2,(H,14,15,17,18). The summed E-state index contributed by atoms with van der Waals surface area (Å²) >= 11 is 0. The summed E-state index contributed by atoms with van der Waals surface area (Å²) in [6.07, 6.45) is 3.18. The minimum atomic E-state index is -0.850. The van der Waals surface area contributed by atoms with Crippen molar-refractivity contribution in [2.75, 3.05) is 26.2 Å². The van der Waals surface area contributed by atoms with E-state index in [1.54, 1.807) is 0 Å². The van der Waals surface area contributed by atoms with Gasteiger partial charge < -0.3 is 10.2 Å². The summed E-state index contributed by atoms with van der Waals surface area (Å²) in [6.45, 7) is 3.27. The van der Waals surface area contributed by atoms with E-state index in [2.05, 4.69) is 15.6 Å². The second-order valence-corrected chi connectivity index (χ2v) is 5.22. The van der Waals surface area contributed by atoms with Crippen LogP contribution in [0.25, 0.3) is 0 Å². The van der Waals surface area contributed by atoms with Crippen molar-refractivity contribution in [1.82, 2.24) is 15.5 Å². The molecule has 0 radical (unpaired) electrons. The third kappa shape index (κ3) is 1.71. The van der Waals surface area contributed by atoms with Crippen molar-refractivity contribution in [3.05, 3.63) is 0 Å². The van der Waals surface area contributed by atoms with Gasteiger partial charge in [0.05, 0.1) is 0 Å². The highest BCUT2D eigenvalue weighted by atomic mass is 16.2. The van der Waals surface area contributed by atoms with Gasteiger partial charge in [-0.25, -0.2) is 0 Å². The average Bonchev–Trinajstić information content (AvgIpc) is 2.88. The summed E-state index contributed by atoms with van der Waals surface area (Å²) in [5.41, 5.74) is -0.850. The molecule has 2 amide bonds. The summed E-state index contributed by atoms with van der Waals surface area (Å²) in [6, 6.07) is 0. The molecule has 0 aromatic heterocycles. The number of hydrogen-bond donors (Lipinski definition) is 2. The van der Waals surface area contributed by atoms with Crippen LogP contribution in [0.3, 0.4) is 0 Å². The zero-order chi connectivity index (χ0) is 12.6. The Bertz CT molecular complexity index is 406. The number of amides is 2. The minimum Gasteiger partial charge on any atom is -0.340 e. The number of rotatable bonds is 0. The number of carbonyl (C=O) groups excluding carboxylic acids is 2. The molecule has 1 aliphatic carbocycles. The molecule has 0 unspecified atom stereocenters. The minimum absolute atomic E-state index is 0.145. The lowest BCUT2D eigenvalue weighted by Gasteiger charge is -2.35. The number of carbonyl (C=O) groups is 2. The van der Waals surface area contributed by atoms with Crippen LogP contribution in [0.4, 0.5) is 0 Å². The lowest BCUT2D eigenvalue weighted by Crippen LogP contribution is -2.59. The van der Waals surface area contributed by atoms with Gasteiger partial charge in [-0.1, -0.05) is 12.8 Å². The fraction of sp³-hybridized carbons (Fsp3) is 0.750. The molecular formula is C12H18N4O2. The Morgan fingerprint density at radius 2 is 1.78 bits per heavy atom. The molecule has 0 bridgehead atoms. The van der Waals surface area contributed by atoms with Gasteiger partial charge in [0.15, 0.2) is 0 Å². The van der Waals surface area contributed by atoms with Crippen LogP contribution in [-0.4, -0.2) is 48.9 Å². The molecule has 0 aromatic carbocycles. The SMILES string of the molecule is O=C1N=C(N2CCNCC2)NC(=O)C12CCCC2. The number of guanidine groups is 1. The van der Waals surface area contributed by atoms with E-state index in [-0.39, 0.29) is 11.8 Å². The zero-order valence-electron chi connectivity index (χ0n) is 10.4. The first-order chi connectivity index (χ1) is 8.72. The predicted octanol–water partition coefficient (Wildman–Crippen LogP) is -0.536.